The van der Waals surface area contributed by atoms with Gasteiger partial charge in [-0.25, -0.2) is 0 Å². The maximum absolute atomic E-state index is 11.6. The molecule has 0 amide bonds. The van der Waals surface area contributed by atoms with Crippen LogP contribution in [0.3, 0.4) is 0 Å². The lowest BCUT2D eigenvalue weighted by atomic mass is 9.92. The molecule has 0 saturated carbocycles. The zero-order valence-corrected chi connectivity index (χ0v) is 15.6. The predicted molar refractivity (Wildman–Crippen MR) is 103 cm³/mol. The first kappa shape index (κ1) is 18.2. The first-order valence-electron chi connectivity index (χ1n) is 8.84. The molecule has 0 N–H and O–H groups in total. The Kier molecular flexibility index (Phi) is 5.74. The molecule has 2 aromatic rings. The summed E-state index contributed by atoms with van der Waals surface area (Å²) in [6.07, 6.45) is 3.49. The van der Waals surface area contributed by atoms with E-state index in [-0.39, 0.29) is 12.4 Å². The highest BCUT2D eigenvalue weighted by Crippen LogP contribution is 2.37. The number of benzene rings is 2. The van der Waals surface area contributed by atoms with E-state index in [1.165, 1.54) is 23.8 Å². The molecule has 1 heterocycles. The molecule has 136 valence electrons. The molecule has 0 aromatic heterocycles. The number of ether oxygens (including phenoxy) is 2. The maximum atomic E-state index is 11.6. The average molecular weight is 351 g/mol. The SMILES string of the molecule is COC(=O)Cc1ccc2c(c1)OCc1ccccc1/C2=C\CCN(C)C. The van der Waals surface area contributed by atoms with E-state index in [4.69, 9.17) is 9.47 Å². The fourth-order valence-corrected chi connectivity index (χ4v) is 3.15. The third-order valence-electron chi connectivity index (χ3n) is 4.53. The van der Waals surface area contributed by atoms with Gasteiger partial charge < -0.3 is 14.4 Å². The number of carbonyl (C=O) groups is 1. The zero-order valence-electron chi connectivity index (χ0n) is 15.6. The zero-order chi connectivity index (χ0) is 18.5. The van der Waals surface area contributed by atoms with Crippen molar-refractivity contribution in [2.24, 2.45) is 0 Å². The highest BCUT2D eigenvalue weighted by atomic mass is 16.5. The van der Waals surface area contributed by atoms with Gasteiger partial charge in [-0.15, -0.1) is 0 Å². The standard InChI is InChI=1S/C22H25NO3/c1-23(2)12-6-9-19-18-8-5-4-7-17(18)15-26-21-13-16(10-11-20(19)21)14-22(24)25-3/h4-5,7-11,13H,6,12,14-15H2,1-3H3/b19-9+. The van der Waals surface area contributed by atoms with E-state index in [1.807, 2.05) is 18.2 Å². The Bertz CT molecular complexity index is 824. The van der Waals surface area contributed by atoms with Gasteiger partial charge in [0.2, 0.25) is 0 Å². The van der Waals surface area contributed by atoms with Crippen LogP contribution >= 0.6 is 0 Å². The minimum atomic E-state index is -0.247. The van der Waals surface area contributed by atoms with Crippen LogP contribution in [0.5, 0.6) is 5.75 Å². The number of esters is 1. The molecule has 0 atom stereocenters. The van der Waals surface area contributed by atoms with E-state index < -0.39 is 0 Å². The van der Waals surface area contributed by atoms with Crippen molar-refractivity contribution in [3.05, 3.63) is 70.8 Å². The summed E-state index contributed by atoms with van der Waals surface area (Å²) in [4.78, 5) is 13.8. The molecule has 0 unspecified atom stereocenters. The Morgan fingerprint density at radius 1 is 1.19 bits per heavy atom. The lowest BCUT2D eigenvalue weighted by molar-refractivity contribution is -0.139. The van der Waals surface area contributed by atoms with Gasteiger partial charge in [0.15, 0.2) is 0 Å². The summed E-state index contributed by atoms with van der Waals surface area (Å²) >= 11 is 0. The van der Waals surface area contributed by atoms with E-state index in [0.717, 1.165) is 29.8 Å². The van der Waals surface area contributed by atoms with Gasteiger partial charge >= 0.3 is 5.97 Å². The summed E-state index contributed by atoms with van der Waals surface area (Å²) in [5.74, 6) is 0.572. The molecule has 0 bridgehead atoms. The molecule has 1 aliphatic heterocycles. The summed E-state index contributed by atoms with van der Waals surface area (Å²) < 4.78 is 10.9. The Morgan fingerprint density at radius 3 is 2.77 bits per heavy atom. The second-order valence-corrected chi connectivity index (χ2v) is 6.74. The van der Waals surface area contributed by atoms with Gasteiger partial charge in [0, 0.05) is 12.1 Å². The number of carbonyl (C=O) groups excluding carboxylic acids is 1. The highest BCUT2D eigenvalue weighted by Gasteiger charge is 2.19. The fraction of sp³-hybridized carbons (Fsp3) is 0.318. The molecule has 3 rings (SSSR count). The van der Waals surface area contributed by atoms with Crippen LogP contribution in [0.1, 0.15) is 28.7 Å². The Hall–Kier alpha value is -2.59. The molecule has 0 saturated heterocycles. The summed E-state index contributed by atoms with van der Waals surface area (Å²) in [5, 5.41) is 0. The van der Waals surface area contributed by atoms with Gasteiger partial charge in [-0.1, -0.05) is 42.5 Å². The number of fused-ring (bicyclic) bond motifs is 2. The van der Waals surface area contributed by atoms with Gasteiger partial charge in [-0.3, -0.25) is 4.79 Å². The van der Waals surface area contributed by atoms with Crippen LogP contribution in [0.15, 0.2) is 48.5 Å². The Balaban J connectivity index is 2.01. The molecular weight excluding hydrogens is 326 g/mol. The average Bonchev–Trinajstić information content (AvgIpc) is 2.78. The smallest absolute Gasteiger partial charge is 0.309 e. The topological polar surface area (TPSA) is 38.8 Å². The molecule has 4 heteroatoms. The van der Waals surface area contributed by atoms with Crippen LogP contribution < -0.4 is 4.74 Å². The van der Waals surface area contributed by atoms with Crippen LogP contribution in [0.25, 0.3) is 5.57 Å². The van der Waals surface area contributed by atoms with Crippen LogP contribution in [-0.4, -0.2) is 38.6 Å². The first-order chi connectivity index (χ1) is 12.6. The van der Waals surface area contributed by atoms with Crippen molar-refractivity contribution >= 4 is 11.5 Å². The van der Waals surface area contributed by atoms with E-state index in [0.29, 0.717) is 6.61 Å². The summed E-state index contributed by atoms with van der Waals surface area (Å²) in [6.45, 7) is 1.51. The summed E-state index contributed by atoms with van der Waals surface area (Å²) in [7, 11) is 5.57. The van der Waals surface area contributed by atoms with Crippen LogP contribution in [-0.2, 0) is 22.6 Å². The first-order valence-corrected chi connectivity index (χ1v) is 8.84. The molecule has 0 fully saturated rings. The normalized spacial score (nSPS) is 14.4. The molecule has 1 aliphatic rings. The van der Waals surface area contributed by atoms with Crippen molar-refractivity contribution < 1.29 is 14.3 Å². The third-order valence-corrected chi connectivity index (χ3v) is 4.53. The van der Waals surface area contributed by atoms with Gasteiger partial charge in [-0.05, 0) is 48.8 Å². The molecular formula is C22H25NO3. The summed E-state index contributed by atoms with van der Waals surface area (Å²) in [6, 6.07) is 14.4. The van der Waals surface area contributed by atoms with Crippen LogP contribution in [0, 0.1) is 0 Å². The molecule has 0 aliphatic carbocycles. The lowest BCUT2D eigenvalue weighted by Crippen LogP contribution is -2.12. The lowest BCUT2D eigenvalue weighted by Gasteiger charge is -2.13. The van der Waals surface area contributed by atoms with Gasteiger partial charge in [0.25, 0.3) is 0 Å². The van der Waals surface area contributed by atoms with Crippen molar-refractivity contribution in [2.45, 2.75) is 19.4 Å². The minimum absolute atomic E-state index is 0.247. The highest BCUT2D eigenvalue weighted by molar-refractivity contribution is 5.85. The number of hydrogen-bond donors (Lipinski definition) is 0. The molecule has 26 heavy (non-hydrogen) atoms. The summed E-state index contributed by atoms with van der Waals surface area (Å²) in [5.41, 5.74) is 5.55. The molecule has 0 spiro atoms. The number of hydrogen-bond acceptors (Lipinski definition) is 4. The number of rotatable bonds is 5. The molecule has 2 aromatic carbocycles. The van der Waals surface area contributed by atoms with E-state index in [1.54, 1.807) is 0 Å². The molecule has 4 nitrogen and oxygen atoms in total. The number of methoxy groups -OCH3 is 1. The van der Waals surface area contributed by atoms with E-state index in [9.17, 15) is 4.79 Å². The van der Waals surface area contributed by atoms with Gasteiger partial charge in [0.05, 0.1) is 13.5 Å². The second kappa shape index (κ2) is 8.19. The monoisotopic (exact) mass is 351 g/mol. The second-order valence-electron chi connectivity index (χ2n) is 6.74. The number of nitrogens with zero attached hydrogens (tertiary/aromatic N) is 1. The van der Waals surface area contributed by atoms with Crippen LogP contribution in [0.4, 0.5) is 0 Å². The quantitative estimate of drug-likeness (QED) is 0.771. The van der Waals surface area contributed by atoms with Crippen LogP contribution in [0.2, 0.25) is 0 Å². The largest absolute Gasteiger partial charge is 0.488 e. The van der Waals surface area contributed by atoms with Gasteiger partial charge in [-0.2, -0.15) is 0 Å². The predicted octanol–water partition coefficient (Wildman–Crippen LogP) is 3.68. The van der Waals surface area contributed by atoms with Crippen molar-refractivity contribution in [3.8, 4) is 5.75 Å². The van der Waals surface area contributed by atoms with Crippen molar-refractivity contribution in [2.75, 3.05) is 27.7 Å². The minimum Gasteiger partial charge on any atom is -0.488 e. The molecule has 0 radical (unpaired) electrons. The maximum Gasteiger partial charge on any atom is 0.309 e. The van der Waals surface area contributed by atoms with Crippen molar-refractivity contribution in [1.29, 1.82) is 0 Å². The van der Waals surface area contributed by atoms with E-state index in [2.05, 4.69) is 49.3 Å². The Morgan fingerprint density at radius 2 is 2.00 bits per heavy atom. The van der Waals surface area contributed by atoms with Gasteiger partial charge in [0.1, 0.15) is 12.4 Å². The fourth-order valence-electron chi connectivity index (χ4n) is 3.15. The third kappa shape index (κ3) is 4.14. The van der Waals surface area contributed by atoms with E-state index >= 15 is 0 Å². The van der Waals surface area contributed by atoms with Crippen molar-refractivity contribution in [3.63, 3.8) is 0 Å². The van der Waals surface area contributed by atoms with Crippen molar-refractivity contribution in [1.82, 2.24) is 4.90 Å². The Labute approximate surface area is 155 Å².